The Labute approximate surface area is 113 Å². The van der Waals surface area contributed by atoms with Crippen molar-refractivity contribution in [3.05, 3.63) is 23.8 Å². The Morgan fingerprint density at radius 1 is 1.42 bits per heavy atom. The number of hydrogen-bond donors (Lipinski definition) is 2. The van der Waals surface area contributed by atoms with Crippen LogP contribution in [0, 0.1) is 11.8 Å². The quantitative estimate of drug-likeness (QED) is 0.818. The van der Waals surface area contributed by atoms with Crippen LogP contribution in [-0.4, -0.2) is 40.5 Å². The van der Waals surface area contributed by atoms with Gasteiger partial charge in [0.25, 0.3) is 0 Å². The van der Waals surface area contributed by atoms with Gasteiger partial charge in [-0.2, -0.15) is 0 Å². The third-order valence-electron chi connectivity index (χ3n) is 3.90. The van der Waals surface area contributed by atoms with Crippen LogP contribution in [0.4, 0.5) is 0 Å². The van der Waals surface area contributed by atoms with E-state index in [9.17, 15) is 15.0 Å². The molecule has 1 saturated heterocycles. The number of phenolic OH excluding ortho intramolecular Hbond substituents is 2. The van der Waals surface area contributed by atoms with Crippen molar-refractivity contribution >= 4 is 5.78 Å². The molecule has 1 heterocycles. The van der Waals surface area contributed by atoms with Crippen molar-refractivity contribution in [3.63, 3.8) is 0 Å². The zero-order chi connectivity index (χ0) is 14.0. The van der Waals surface area contributed by atoms with E-state index in [1.54, 1.807) is 0 Å². The molecular formula is C15H21NO3. The van der Waals surface area contributed by atoms with Crippen LogP contribution in [0.2, 0.25) is 0 Å². The van der Waals surface area contributed by atoms with Gasteiger partial charge in [-0.1, -0.05) is 13.8 Å². The number of carbonyl (C=O) groups excluding carboxylic acids is 1. The molecule has 0 spiro atoms. The van der Waals surface area contributed by atoms with E-state index in [4.69, 9.17) is 0 Å². The molecule has 1 fully saturated rings. The second-order valence-corrected chi connectivity index (χ2v) is 5.65. The molecule has 1 aliphatic heterocycles. The molecule has 19 heavy (non-hydrogen) atoms. The first-order valence-electron chi connectivity index (χ1n) is 6.75. The normalized spacial score (nSPS) is 20.1. The lowest BCUT2D eigenvalue weighted by Crippen LogP contribution is -2.28. The second kappa shape index (κ2) is 5.61. The Morgan fingerprint density at radius 2 is 2.16 bits per heavy atom. The van der Waals surface area contributed by atoms with E-state index in [2.05, 4.69) is 18.7 Å². The van der Waals surface area contributed by atoms with Crippen molar-refractivity contribution in [2.75, 3.05) is 19.6 Å². The Kier molecular flexibility index (Phi) is 4.10. The van der Waals surface area contributed by atoms with Gasteiger partial charge in [0.2, 0.25) is 0 Å². The molecule has 104 valence electrons. The highest BCUT2D eigenvalue weighted by molar-refractivity contribution is 6.00. The van der Waals surface area contributed by atoms with Gasteiger partial charge in [0, 0.05) is 12.6 Å². The van der Waals surface area contributed by atoms with Crippen molar-refractivity contribution in [1.29, 1.82) is 0 Å². The van der Waals surface area contributed by atoms with Crippen molar-refractivity contribution < 1.29 is 15.0 Å². The summed E-state index contributed by atoms with van der Waals surface area (Å²) in [5.74, 6) is 1.02. The molecule has 0 aromatic heterocycles. The zero-order valence-corrected chi connectivity index (χ0v) is 11.5. The van der Waals surface area contributed by atoms with Crippen LogP contribution in [-0.2, 0) is 0 Å². The third-order valence-corrected chi connectivity index (χ3v) is 3.90. The molecular weight excluding hydrogens is 242 g/mol. The summed E-state index contributed by atoms with van der Waals surface area (Å²) in [6, 6.07) is 4.10. The summed E-state index contributed by atoms with van der Waals surface area (Å²) in [5, 5.41) is 18.9. The van der Waals surface area contributed by atoms with Gasteiger partial charge in [-0.25, -0.2) is 0 Å². The highest BCUT2D eigenvalue weighted by Gasteiger charge is 2.26. The van der Waals surface area contributed by atoms with Crippen LogP contribution in [0.15, 0.2) is 18.2 Å². The van der Waals surface area contributed by atoms with Gasteiger partial charge in [0.15, 0.2) is 5.78 Å². The topological polar surface area (TPSA) is 60.8 Å². The molecule has 0 bridgehead atoms. The summed E-state index contributed by atoms with van der Waals surface area (Å²) in [4.78, 5) is 14.3. The molecule has 1 unspecified atom stereocenters. The van der Waals surface area contributed by atoms with Crippen molar-refractivity contribution in [2.24, 2.45) is 11.8 Å². The van der Waals surface area contributed by atoms with E-state index in [0.29, 0.717) is 18.4 Å². The molecule has 4 nitrogen and oxygen atoms in total. The summed E-state index contributed by atoms with van der Waals surface area (Å²) >= 11 is 0. The summed E-state index contributed by atoms with van der Waals surface area (Å²) in [6.07, 6.45) is 1.13. The number of carbonyl (C=O) groups is 1. The van der Waals surface area contributed by atoms with Crippen LogP contribution in [0.1, 0.15) is 30.6 Å². The number of Topliss-reactive ketones (excluding diaryl/α,β-unsaturated/α-hetero) is 1. The maximum absolute atomic E-state index is 12.1. The van der Waals surface area contributed by atoms with Crippen LogP contribution in [0.25, 0.3) is 0 Å². The monoisotopic (exact) mass is 263 g/mol. The van der Waals surface area contributed by atoms with Crippen LogP contribution < -0.4 is 0 Å². The maximum atomic E-state index is 12.1. The van der Waals surface area contributed by atoms with E-state index < -0.39 is 0 Å². The average molecular weight is 263 g/mol. The molecule has 4 heteroatoms. The number of rotatable bonds is 4. The molecule has 0 amide bonds. The third kappa shape index (κ3) is 3.26. The molecule has 1 aromatic rings. The summed E-state index contributed by atoms with van der Waals surface area (Å²) in [7, 11) is 0. The Hall–Kier alpha value is -1.55. The maximum Gasteiger partial charge on any atom is 0.180 e. The highest BCUT2D eigenvalue weighted by Crippen LogP contribution is 2.26. The van der Waals surface area contributed by atoms with E-state index in [1.165, 1.54) is 18.2 Å². The standard InChI is InChI=1S/C15H21NO3/c1-10(2)11-5-6-16(8-11)9-15(19)13-4-3-12(17)7-14(13)18/h3-4,7,10-11,17-18H,5-6,8-9H2,1-2H3. The van der Waals surface area contributed by atoms with Crippen molar-refractivity contribution in [3.8, 4) is 11.5 Å². The van der Waals surface area contributed by atoms with Crippen LogP contribution >= 0.6 is 0 Å². The number of aromatic hydroxyl groups is 2. The number of benzene rings is 1. The summed E-state index contributed by atoms with van der Waals surface area (Å²) < 4.78 is 0. The number of ketones is 1. The SMILES string of the molecule is CC(C)C1CCN(CC(=O)c2ccc(O)cc2O)C1. The summed E-state index contributed by atoms with van der Waals surface area (Å²) in [6.45, 7) is 6.64. The molecule has 0 radical (unpaired) electrons. The van der Waals surface area contributed by atoms with Gasteiger partial charge in [-0.05, 0) is 36.9 Å². The van der Waals surface area contributed by atoms with Crippen molar-refractivity contribution in [1.82, 2.24) is 4.90 Å². The molecule has 0 saturated carbocycles. The van der Waals surface area contributed by atoms with E-state index >= 15 is 0 Å². The Morgan fingerprint density at radius 3 is 2.74 bits per heavy atom. The van der Waals surface area contributed by atoms with E-state index in [-0.39, 0.29) is 22.8 Å². The smallest absolute Gasteiger partial charge is 0.180 e. The molecule has 1 aromatic carbocycles. The Bertz CT molecular complexity index is 470. The minimum atomic E-state index is -0.149. The largest absolute Gasteiger partial charge is 0.508 e. The number of likely N-dealkylation sites (tertiary alicyclic amines) is 1. The fourth-order valence-electron chi connectivity index (χ4n) is 2.59. The molecule has 2 N–H and O–H groups in total. The highest BCUT2D eigenvalue weighted by atomic mass is 16.3. The Balaban J connectivity index is 1.98. The minimum absolute atomic E-state index is 0.0323. The van der Waals surface area contributed by atoms with E-state index in [1.807, 2.05) is 0 Å². The molecule has 1 atom stereocenters. The number of phenols is 2. The number of hydrogen-bond acceptors (Lipinski definition) is 4. The van der Waals surface area contributed by atoms with Crippen LogP contribution in [0.3, 0.4) is 0 Å². The van der Waals surface area contributed by atoms with Crippen molar-refractivity contribution in [2.45, 2.75) is 20.3 Å². The lowest BCUT2D eigenvalue weighted by molar-refractivity contribution is 0.0939. The average Bonchev–Trinajstić information content (AvgIpc) is 2.77. The van der Waals surface area contributed by atoms with Gasteiger partial charge in [-0.3, -0.25) is 9.69 Å². The molecule has 2 rings (SSSR count). The fourth-order valence-corrected chi connectivity index (χ4v) is 2.59. The molecule has 0 aliphatic carbocycles. The predicted molar refractivity (Wildman–Crippen MR) is 73.5 cm³/mol. The van der Waals surface area contributed by atoms with Gasteiger partial charge >= 0.3 is 0 Å². The van der Waals surface area contributed by atoms with Gasteiger partial charge in [0.1, 0.15) is 11.5 Å². The van der Waals surface area contributed by atoms with Gasteiger partial charge in [0.05, 0.1) is 12.1 Å². The number of nitrogens with zero attached hydrogens (tertiary/aromatic N) is 1. The van der Waals surface area contributed by atoms with Crippen LogP contribution in [0.5, 0.6) is 11.5 Å². The minimum Gasteiger partial charge on any atom is -0.508 e. The van der Waals surface area contributed by atoms with Gasteiger partial charge < -0.3 is 10.2 Å². The fraction of sp³-hybridized carbons (Fsp3) is 0.533. The molecule has 1 aliphatic rings. The summed E-state index contributed by atoms with van der Waals surface area (Å²) in [5.41, 5.74) is 0.283. The predicted octanol–water partition coefficient (Wildman–Crippen LogP) is 2.26. The van der Waals surface area contributed by atoms with E-state index in [0.717, 1.165) is 19.5 Å². The van der Waals surface area contributed by atoms with Gasteiger partial charge in [-0.15, -0.1) is 0 Å². The lowest BCUT2D eigenvalue weighted by atomic mass is 9.95. The first kappa shape index (κ1) is 13.9. The first-order valence-corrected chi connectivity index (χ1v) is 6.75. The lowest BCUT2D eigenvalue weighted by Gasteiger charge is -2.17. The first-order chi connectivity index (χ1) is 8.97. The second-order valence-electron chi connectivity index (χ2n) is 5.65. The zero-order valence-electron chi connectivity index (χ0n) is 11.5.